The van der Waals surface area contributed by atoms with E-state index < -0.39 is 23.8 Å². The Morgan fingerprint density at radius 2 is 0.684 bits per heavy atom. The Morgan fingerprint density at radius 1 is 0.367 bits per heavy atom. The van der Waals surface area contributed by atoms with Crippen molar-refractivity contribution in [3.05, 3.63) is 277 Å². The first kappa shape index (κ1) is 56.8. The van der Waals surface area contributed by atoms with Gasteiger partial charge in [-0.1, -0.05) is 218 Å². The van der Waals surface area contributed by atoms with Gasteiger partial charge in [0.1, 0.15) is 46.0 Å². The second-order valence-electron chi connectivity index (χ2n) is 18.4. The van der Waals surface area contributed by atoms with Crippen molar-refractivity contribution >= 4 is 63.5 Å². The number of benzene rings is 8. The zero-order valence-corrected chi connectivity index (χ0v) is 50.2. The fourth-order valence-electron chi connectivity index (χ4n) is 10.6. The van der Waals surface area contributed by atoms with Crippen LogP contribution in [0.2, 0.25) is 0 Å². The number of hydrogen-bond acceptors (Lipinski definition) is 4. The van der Waals surface area contributed by atoms with E-state index in [-0.39, 0.29) is 7.92 Å². The molecule has 0 fully saturated rings. The minimum atomic E-state index is -0.944. The molecule has 8 aromatic rings. The summed E-state index contributed by atoms with van der Waals surface area (Å²) in [6, 6.07) is 65.1. The molecule has 8 heteroatoms. The monoisotopic (exact) mass is 1110 g/mol. The van der Waals surface area contributed by atoms with Gasteiger partial charge in [-0.15, -0.1) is 0 Å². The molecule has 4 aliphatic heterocycles. The molecule has 0 aliphatic carbocycles. The lowest BCUT2D eigenvalue weighted by atomic mass is 9.88. The number of aryl methyl sites for hydroxylation is 1. The van der Waals surface area contributed by atoms with E-state index in [1.165, 1.54) is 65.2 Å². The molecule has 0 saturated carbocycles. The highest BCUT2D eigenvalue weighted by atomic mass is 31.1. The van der Waals surface area contributed by atoms with Crippen LogP contribution in [-0.4, -0.2) is 6.66 Å². The van der Waals surface area contributed by atoms with Crippen molar-refractivity contribution in [1.82, 2.24) is 0 Å². The lowest BCUT2D eigenvalue weighted by Crippen LogP contribution is -2.22. The van der Waals surface area contributed by atoms with Gasteiger partial charge in [0.05, 0.1) is 0 Å². The number of rotatable bonds is 12. The van der Waals surface area contributed by atoms with Crippen LogP contribution in [0.5, 0.6) is 34.5 Å². The second-order valence-corrected chi connectivity index (χ2v) is 26.9. The van der Waals surface area contributed by atoms with Gasteiger partial charge in [0.2, 0.25) is 0 Å². The highest BCUT2D eigenvalue weighted by Crippen LogP contribution is 2.62. The van der Waals surface area contributed by atoms with Crippen LogP contribution in [0.4, 0.5) is 0 Å². The van der Waals surface area contributed by atoms with Crippen molar-refractivity contribution in [3.8, 4) is 45.6 Å². The molecule has 0 radical (unpaired) electrons. The molecule has 8 aromatic carbocycles. The van der Waals surface area contributed by atoms with Gasteiger partial charge in [-0.2, -0.15) is 0 Å². The van der Waals surface area contributed by atoms with Crippen molar-refractivity contribution in [2.75, 3.05) is 6.66 Å². The van der Waals surface area contributed by atoms with Crippen molar-refractivity contribution in [1.29, 1.82) is 0 Å². The Kier molecular flexibility index (Phi) is 19.3. The fraction of sp³-hybridized carbons (Fsp3) is 0.155. The van der Waals surface area contributed by atoms with E-state index in [1.54, 1.807) is 0 Å². The highest BCUT2D eigenvalue weighted by molar-refractivity contribution is 7.73. The van der Waals surface area contributed by atoms with E-state index >= 15 is 0 Å². The molecule has 4 aliphatic rings. The van der Waals surface area contributed by atoms with E-state index in [4.69, 9.17) is 18.9 Å². The molecule has 12 rings (SSSR count). The van der Waals surface area contributed by atoms with Gasteiger partial charge in [0.15, 0.2) is 0 Å². The summed E-state index contributed by atoms with van der Waals surface area (Å²) >= 11 is 0. The van der Waals surface area contributed by atoms with Gasteiger partial charge in [-0.05, 0) is 134 Å². The third-order valence-corrected chi connectivity index (χ3v) is 23.9. The van der Waals surface area contributed by atoms with Gasteiger partial charge in [-0.3, -0.25) is 0 Å². The number of para-hydroxylation sites is 6. The zero-order valence-electron chi connectivity index (χ0n) is 46.6. The molecular weight excluding hydrogens is 1040 g/mol. The first-order chi connectivity index (χ1) is 38.9. The van der Waals surface area contributed by atoms with Crippen LogP contribution < -0.4 is 46.0 Å². The van der Waals surface area contributed by atoms with Crippen molar-refractivity contribution < 1.29 is 18.9 Å². The minimum absolute atomic E-state index is 0.248. The molecule has 4 heterocycles. The Bertz CT molecular complexity index is 3470. The van der Waals surface area contributed by atoms with Crippen LogP contribution in [0.3, 0.4) is 0 Å². The quantitative estimate of drug-likeness (QED) is 0.114. The molecule has 0 spiro atoms. The normalized spacial score (nSPS) is 14.8. The first-order valence-electron chi connectivity index (χ1n) is 27.4. The van der Waals surface area contributed by atoms with Crippen LogP contribution in [0.1, 0.15) is 63.8 Å². The number of hydrogen-bond donors (Lipinski definition) is 0. The Labute approximate surface area is 475 Å². The smallest absolute Gasteiger partial charge is 0.135 e. The second kappa shape index (κ2) is 26.9. The lowest BCUT2D eigenvalue weighted by molar-refractivity contribution is 0.332. The highest BCUT2D eigenvalue weighted by Gasteiger charge is 2.34. The number of ether oxygens (including phenoxy) is 4. The largest absolute Gasteiger partial charge is 0.456 e. The van der Waals surface area contributed by atoms with E-state index in [0.29, 0.717) is 0 Å². The molecule has 1 atom stereocenters. The number of allylic oxidation sites excluding steroid dienone is 7. The predicted molar refractivity (Wildman–Crippen MR) is 346 cm³/mol. The van der Waals surface area contributed by atoms with E-state index in [2.05, 4.69) is 210 Å². The van der Waals surface area contributed by atoms with Gasteiger partial charge in [0, 0.05) is 60.9 Å². The fourth-order valence-corrected chi connectivity index (χ4v) is 19.9. The average Bonchev–Trinajstić information content (AvgIpc) is 3.54. The standard InChI is InChI=1S/C54H47O3P3.C13H11OP.2C2H6/c1-6-21-48-42(9-4)55-41(8-3)47(10-5)58(48)34-39-24-20-25-40(36-60-51-32-17-13-28-45(51)57-46-29-14-18-33-52(46)60)54(39)53-37(7-2)22-19-23-38(53)35-59-49-30-15-11-26-43(49)56-44-27-12-16-31-50(44)59;1-15-12-8-4-2-6-10(12)14-11-7-3-5-9-13(11)15;2*1-2/h6,8-33H,3-5,7,34-36H2,1-2H3;2-9H,1H3;2*1-2H3/b21-6-;;;. The summed E-state index contributed by atoms with van der Waals surface area (Å²) in [5, 5.41) is 10.0. The summed E-state index contributed by atoms with van der Waals surface area (Å²) in [6.07, 6.45) is 13.4. The summed E-state index contributed by atoms with van der Waals surface area (Å²) in [5.74, 6) is 7.40. The molecule has 79 heavy (non-hydrogen) atoms. The maximum Gasteiger partial charge on any atom is 0.135 e. The number of fused-ring (bicyclic) bond motifs is 6. The third kappa shape index (κ3) is 11.7. The molecule has 4 nitrogen and oxygen atoms in total. The van der Waals surface area contributed by atoms with Crippen molar-refractivity contribution in [3.63, 3.8) is 0 Å². The van der Waals surface area contributed by atoms with Gasteiger partial charge in [-0.25, -0.2) is 0 Å². The molecular formula is C71H70O4P4. The Balaban J connectivity index is 0.000000337. The van der Waals surface area contributed by atoms with Crippen LogP contribution >= 0.6 is 31.7 Å². The Hall–Kier alpha value is -6.88. The van der Waals surface area contributed by atoms with Gasteiger partial charge < -0.3 is 18.9 Å². The maximum atomic E-state index is 6.54. The Morgan fingerprint density at radius 3 is 1.04 bits per heavy atom. The molecule has 0 N–H and O–H groups in total. The van der Waals surface area contributed by atoms with Gasteiger partial charge >= 0.3 is 0 Å². The molecule has 0 bridgehead atoms. The summed E-state index contributed by atoms with van der Waals surface area (Å²) in [6.45, 7) is 27.3. The molecule has 0 amide bonds. The van der Waals surface area contributed by atoms with Crippen LogP contribution in [-0.2, 0) is 29.6 Å². The van der Waals surface area contributed by atoms with E-state index in [9.17, 15) is 0 Å². The summed E-state index contributed by atoms with van der Waals surface area (Å²) in [4.78, 5) is 0. The molecule has 0 aromatic heterocycles. The average molecular weight is 1110 g/mol. The van der Waals surface area contributed by atoms with Crippen molar-refractivity contribution in [2.45, 2.75) is 66.4 Å². The third-order valence-electron chi connectivity index (χ3n) is 14.0. The summed E-state index contributed by atoms with van der Waals surface area (Å²) < 4.78 is 25.3. The van der Waals surface area contributed by atoms with E-state index in [0.717, 1.165) is 81.6 Å². The molecule has 398 valence electrons. The molecule has 0 saturated heterocycles. The van der Waals surface area contributed by atoms with Crippen LogP contribution in [0.15, 0.2) is 254 Å². The predicted octanol–water partition coefficient (Wildman–Crippen LogP) is 18.9. The summed E-state index contributed by atoms with van der Waals surface area (Å²) in [5.41, 5.74) is 8.09. The maximum absolute atomic E-state index is 6.54. The van der Waals surface area contributed by atoms with E-state index in [1.807, 2.05) is 70.2 Å². The SMILES string of the molecule is C=CC1=C(C=C)P(Cc2cccc(CP3c4ccccc4Oc4ccccc43)c2-c2c(CC)cccc2CP2c3ccccc3Oc3ccccc32)C(/C=C\C)=C(C=C)O1.CC.CC.CP1c2ccccc2Oc2ccccc21. The van der Waals surface area contributed by atoms with Crippen LogP contribution in [0, 0.1) is 0 Å². The summed E-state index contributed by atoms with van der Waals surface area (Å²) in [7, 11) is -2.76. The lowest BCUT2D eigenvalue weighted by Gasteiger charge is -2.32. The van der Waals surface area contributed by atoms with Gasteiger partial charge in [0.25, 0.3) is 0 Å². The minimum Gasteiger partial charge on any atom is -0.456 e. The van der Waals surface area contributed by atoms with Crippen LogP contribution in [0.25, 0.3) is 11.1 Å². The first-order valence-corrected chi connectivity index (χ1v) is 33.8. The molecule has 1 unspecified atom stereocenters. The zero-order chi connectivity index (χ0) is 55.4. The van der Waals surface area contributed by atoms with Crippen molar-refractivity contribution in [2.24, 2.45) is 0 Å². The topological polar surface area (TPSA) is 36.9 Å².